The second kappa shape index (κ2) is 4.60. The van der Waals surface area contributed by atoms with Gasteiger partial charge in [0, 0.05) is 18.4 Å². The Labute approximate surface area is 97.0 Å². The SMILES string of the molecule is Cc1ccc(CNc2cn[nH]c2[N+](=O)[O-])cn1. The third kappa shape index (κ3) is 2.57. The van der Waals surface area contributed by atoms with E-state index in [1.54, 1.807) is 6.20 Å². The van der Waals surface area contributed by atoms with Gasteiger partial charge in [0.15, 0.2) is 5.69 Å². The lowest BCUT2D eigenvalue weighted by Gasteiger charge is -2.03. The van der Waals surface area contributed by atoms with Gasteiger partial charge in [0.05, 0.1) is 0 Å². The molecule has 0 aliphatic heterocycles. The molecule has 7 nitrogen and oxygen atoms in total. The van der Waals surface area contributed by atoms with Crippen molar-refractivity contribution in [3.63, 3.8) is 0 Å². The molecular formula is C10H11N5O2. The Morgan fingerprint density at radius 1 is 1.47 bits per heavy atom. The predicted molar refractivity (Wildman–Crippen MR) is 61.5 cm³/mol. The van der Waals surface area contributed by atoms with E-state index in [9.17, 15) is 10.1 Å². The van der Waals surface area contributed by atoms with Crippen LogP contribution in [0.25, 0.3) is 0 Å². The Kier molecular flexibility index (Phi) is 2.99. The molecule has 2 aromatic heterocycles. The van der Waals surface area contributed by atoms with E-state index in [-0.39, 0.29) is 5.82 Å². The smallest absolute Gasteiger partial charge is 0.366 e. The Morgan fingerprint density at radius 3 is 2.94 bits per heavy atom. The summed E-state index contributed by atoms with van der Waals surface area (Å²) in [5, 5.41) is 19.5. The maximum atomic E-state index is 10.6. The number of nitrogens with one attached hydrogen (secondary N) is 2. The summed E-state index contributed by atoms with van der Waals surface area (Å²) in [5.41, 5.74) is 2.25. The first kappa shape index (κ1) is 11.1. The minimum atomic E-state index is -0.511. The van der Waals surface area contributed by atoms with Gasteiger partial charge in [-0.1, -0.05) is 11.2 Å². The Hall–Kier alpha value is -2.44. The molecule has 0 saturated carbocycles. The number of nitrogens with zero attached hydrogens (tertiary/aromatic N) is 3. The van der Waals surface area contributed by atoms with Crippen LogP contribution in [0.15, 0.2) is 24.5 Å². The molecule has 2 N–H and O–H groups in total. The Bertz CT molecular complexity index is 520. The minimum Gasteiger partial charge on any atom is -0.373 e. The molecule has 2 rings (SSSR count). The van der Waals surface area contributed by atoms with Crippen LogP contribution in [-0.4, -0.2) is 20.1 Å². The van der Waals surface area contributed by atoms with Crippen molar-refractivity contribution in [2.24, 2.45) is 0 Å². The Balaban J connectivity index is 2.05. The molecule has 0 radical (unpaired) electrons. The van der Waals surface area contributed by atoms with E-state index in [0.29, 0.717) is 12.2 Å². The highest BCUT2D eigenvalue weighted by atomic mass is 16.6. The van der Waals surface area contributed by atoms with E-state index >= 15 is 0 Å². The van der Waals surface area contributed by atoms with E-state index in [1.165, 1.54) is 6.20 Å². The zero-order valence-electron chi connectivity index (χ0n) is 9.17. The molecule has 0 fully saturated rings. The van der Waals surface area contributed by atoms with Crippen molar-refractivity contribution in [1.29, 1.82) is 0 Å². The second-order valence-corrected chi connectivity index (χ2v) is 3.55. The summed E-state index contributed by atoms with van der Waals surface area (Å²) in [6, 6.07) is 3.81. The first-order valence-electron chi connectivity index (χ1n) is 5.00. The fraction of sp³-hybridized carbons (Fsp3) is 0.200. The maximum Gasteiger partial charge on any atom is 0.366 e. The van der Waals surface area contributed by atoms with Gasteiger partial charge in [-0.2, -0.15) is 0 Å². The average Bonchev–Trinajstić information content (AvgIpc) is 2.76. The molecule has 2 aromatic rings. The molecule has 0 saturated heterocycles. The van der Waals surface area contributed by atoms with Crippen LogP contribution in [0.2, 0.25) is 0 Å². The highest BCUT2D eigenvalue weighted by molar-refractivity contribution is 5.55. The van der Waals surface area contributed by atoms with Crippen LogP contribution in [0.4, 0.5) is 11.5 Å². The van der Waals surface area contributed by atoms with Gasteiger partial charge in [0.1, 0.15) is 6.20 Å². The summed E-state index contributed by atoms with van der Waals surface area (Å²) in [7, 11) is 0. The van der Waals surface area contributed by atoms with Crippen LogP contribution in [0.1, 0.15) is 11.3 Å². The average molecular weight is 233 g/mol. The lowest BCUT2D eigenvalue weighted by Crippen LogP contribution is -2.01. The highest BCUT2D eigenvalue weighted by Crippen LogP contribution is 2.20. The van der Waals surface area contributed by atoms with Crippen molar-refractivity contribution >= 4 is 11.5 Å². The largest absolute Gasteiger partial charge is 0.373 e. The number of anilines is 1. The molecule has 7 heteroatoms. The summed E-state index contributed by atoms with van der Waals surface area (Å²) in [5.74, 6) is -0.134. The van der Waals surface area contributed by atoms with Crippen molar-refractivity contribution in [3.8, 4) is 0 Å². The summed E-state index contributed by atoms with van der Waals surface area (Å²) >= 11 is 0. The van der Waals surface area contributed by atoms with E-state index in [1.807, 2.05) is 19.1 Å². The molecule has 0 spiro atoms. The first-order chi connectivity index (χ1) is 8.16. The number of nitro groups is 1. The molecule has 0 amide bonds. The van der Waals surface area contributed by atoms with Crippen LogP contribution < -0.4 is 5.32 Å². The molecule has 0 atom stereocenters. The van der Waals surface area contributed by atoms with Crippen LogP contribution in [0, 0.1) is 17.0 Å². The van der Waals surface area contributed by atoms with Crippen molar-refractivity contribution in [1.82, 2.24) is 15.2 Å². The normalized spacial score (nSPS) is 10.2. The maximum absolute atomic E-state index is 10.6. The van der Waals surface area contributed by atoms with E-state index in [4.69, 9.17) is 0 Å². The third-order valence-electron chi connectivity index (χ3n) is 2.26. The molecule has 0 aliphatic carbocycles. The second-order valence-electron chi connectivity index (χ2n) is 3.55. The Morgan fingerprint density at radius 2 is 2.29 bits per heavy atom. The van der Waals surface area contributed by atoms with Gasteiger partial charge in [0.25, 0.3) is 0 Å². The van der Waals surface area contributed by atoms with Gasteiger partial charge >= 0.3 is 5.82 Å². The van der Waals surface area contributed by atoms with Gasteiger partial charge in [-0.05, 0) is 23.5 Å². The molecule has 88 valence electrons. The lowest BCUT2D eigenvalue weighted by atomic mass is 10.2. The zero-order chi connectivity index (χ0) is 12.3. The third-order valence-corrected chi connectivity index (χ3v) is 2.26. The van der Waals surface area contributed by atoms with Crippen LogP contribution in [-0.2, 0) is 6.54 Å². The lowest BCUT2D eigenvalue weighted by molar-refractivity contribution is -0.388. The molecule has 2 heterocycles. The summed E-state index contributed by atoms with van der Waals surface area (Å²) < 4.78 is 0. The fourth-order valence-corrected chi connectivity index (χ4v) is 1.35. The highest BCUT2D eigenvalue weighted by Gasteiger charge is 2.13. The molecule has 0 bridgehead atoms. The predicted octanol–water partition coefficient (Wildman–Crippen LogP) is 1.63. The number of hydrogen-bond acceptors (Lipinski definition) is 5. The van der Waals surface area contributed by atoms with Crippen molar-refractivity contribution in [3.05, 3.63) is 45.9 Å². The number of pyridine rings is 1. The van der Waals surface area contributed by atoms with Crippen LogP contribution in [0.3, 0.4) is 0 Å². The van der Waals surface area contributed by atoms with Crippen molar-refractivity contribution in [2.45, 2.75) is 13.5 Å². The van der Waals surface area contributed by atoms with E-state index in [2.05, 4.69) is 20.5 Å². The molecule has 17 heavy (non-hydrogen) atoms. The fourth-order valence-electron chi connectivity index (χ4n) is 1.35. The number of hydrogen-bond donors (Lipinski definition) is 2. The minimum absolute atomic E-state index is 0.134. The van der Waals surface area contributed by atoms with Crippen molar-refractivity contribution < 1.29 is 4.92 Å². The number of H-pyrrole nitrogens is 1. The summed E-state index contributed by atoms with van der Waals surface area (Å²) in [4.78, 5) is 14.2. The number of aromatic amines is 1. The number of aryl methyl sites for hydroxylation is 1. The van der Waals surface area contributed by atoms with Gasteiger partial charge in [0.2, 0.25) is 0 Å². The van der Waals surface area contributed by atoms with Gasteiger partial charge in [-0.25, -0.2) is 0 Å². The van der Waals surface area contributed by atoms with Gasteiger partial charge in [-0.15, -0.1) is 5.10 Å². The molecule has 0 unspecified atom stereocenters. The van der Waals surface area contributed by atoms with Crippen LogP contribution >= 0.6 is 0 Å². The summed E-state index contributed by atoms with van der Waals surface area (Å²) in [6.45, 7) is 2.37. The molecule has 0 aliphatic rings. The first-order valence-corrected chi connectivity index (χ1v) is 5.00. The standard InChI is InChI=1S/C10H11N5O2/c1-7-2-3-8(4-11-7)5-12-9-6-13-14-10(9)15(16)17/h2-4,6,12H,5H2,1H3,(H,13,14). The number of aromatic nitrogens is 3. The molecular weight excluding hydrogens is 222 g/mol. The van der Waals surface area contributed by atoms with Gasteiger partial charge in [-0.3, -0.25) is 4.98 Å². The summed E-state index contributed by atoms with van der Waals surface area (Å²) in [6.07, 6.45) is 3.12. The number of rotatable bonds is 4. The van der Waals surface area contributed by atoms with Crippen LogP contribution in [0.5, 0.6) is 0 Å². The monoisotopic (exact) mass is 233 g/mol. The van der Waals surface area contributed by atoms with E-state index in [0.717, 1.165) is 11.3 Å². The van der Waals surface area contributed by atoms with E-state index < -0.39 is 4.92 Å². The zero-order valence-corrected chi connectivity index (χ0v) is 9.17. The molecule has 0 aromatic carbocycles. The topological polar surface area (TPSA) is 96.7 Å². The van der Waals surface area contributed by atoms with Gasteiger partial charge < -0.3 is 15.4 Å². The quantitative estimate of drug-likeness (QED) is 0.618. The van der Waals surface area contributed by atoms with Crippen molar-refractivity contribution in [2.75, 3.05) is 5.32 Å².